The number of unbranched alkanes of at least 4 members (excludes halogenated alkanes) is 3. The predicted octanol–water partition coefficient (Wildman–Crippen LogP) is 3.04. The van der Waals surface area contributed by atoms with Crippen molar-refractivity contribution >= 4 is 17.5 Å². The summed E-state index contributed by atoms with van der Waals surface area (Å²) in [5, 5.41) is 2.97. The first-order valence-electron chi connectivity index (χ1n) is 8.26. The van der Waals surface area contributed by atoms with E-state index in [9.17, 15) is 9.59 Å². The smallest absolute Gasteiger partial charge is 0.227 e. The van der Waals surface area contributed by atoms with Crippen LogP contribution in [0.3, 0.4) is 0 Å². The SMILES string of the molecule is CCCCCCNC(=O)C1CC(=O)N(c2ccc(C)cc2)C1. The molecule has 4 nitrogen and oxygen atoms in total. The Morgan fingerprint density at radius 1 is 1.23 bits per heavy atom. The van der Waals surface area contributed by atoms with E-state index in [1.54, 1.807) is 4.90 Å². The van der Waals surface area contributed by atoms with Crippen LogP contribution in [0.15, 0.2) is 24.3 Å². The lowest BCUT2D eigenvalue weighted by Gasteiger charge is -2.17. The van der Waals surface area contributed by atoms with Gasteiger partial charge in [0.25, 0.3) is 0 Å². The van der Waals surface area contributed by atoms with Crippen molar-refractivity contribution in [3.63, 3.8) is 0 Å². The summed E-state index contributed by atoms with van der Waals surface area (Å²) in [6, 6.07) is 7.87. The molecular formula is C18H26N2O2. The molecule has 1 heterocycles. The van der Waals surface area contributed by atoms with Gasteiger partial charge < -0.3 is 10.2 Å². The third-order valence-electron chi connectivity index (χ3n) is 4.17. The van der Waals surface area contributed by atoms with Gasteiger partial charge in [0.2, 0.25) is 11.8 Å². The number of carbonyl (C=O) groups is 2. The molecule has 1 aromatic carbocycles. The minimum atomic E-state index is -0.222. The highest BCUT2D eigenvalue weighted by atomic mass is 16.2. The van der Waals surface area contributed by atoms with Gasteiger partial charge in [0.1, 0.15) is 0 Å². The highest BCUT2D eigenvalue weighted by Crippen LogP contribution is 2.25. The average molecular weight is 302 g/mol. The van der Waals surface area contributed by atoms with E-state index in [2.05, 4.69) is 12.2 Å². The molecule has 0 aliphatic carbocycles. The summed E-state index contributed by atoms with van der Waals surface area (Å²) < 4.78 is 0. The third-order valence-corrected chi connectivity index (χ3v) is 4.17. The fraction of sp³-hybridized carbons (Fsp3) is 0.556. The lowest BCUT2D eigenvalue weighted by molar-refractivity contribution is -0.126. The second-order valence-corrected chi connectivity index (χ2v) is 6.09. The van der Waals surface area contributed by atoms with Gasteiger partial charge in [0.05, 0.1) is 5.92 Å². The van der Waals surface area contributed by atoms with Gasteiger partial charge in [-0.1, -0.05) is 43.9 Å². The van der Waals surface area contributed by atoms with Gasteiger partial charge >= 0.3 is 0 Å². The van der Waals surface area contributed by atoms with Crippen molar-refractivity contribution in [3.05, 3.63) is 29.8 Å². The molecule has 22 heavy (non-hydrogen) atoms. The molecule has 120 valence electrons. The highest BCUT2D eigenvalue weighted by Gasteiger charge is 2.34. The number of nitrogens with one attached hydrogen (secondary N) is 1. The molecule has 4 heteroatoms. The molecule has 1 fully saturated rings. The van der Waals surface area contributed by atoms with Crippen molar-refractivity contribution < 1.29 is 9.59 Å². The molecule has 1 aromatic rings. The van der Waals surface area contributed by atoms with Gasteiger partial charge in [-0.3, -0.25) is 9.59 Å². The van der Waals surface area contributed by atoms with Crippen LogP contribution in [0.5, 0.6) is 0 Å². The number of nitrogens with zero attached hydrogens (tertiary/aromatic N) is 1. The maximum Gasteiger partial charge on any atom is 0.227 e. The maximum absolute atomic E-state index is 12.2. The lowest BCUT2D eigenvalue weighted by atomic mass is 10.1. The Hall–Kier alpha value is -1.84. The summed E-state index contributed by atoms with van der Waals surface area (Å²) in [6.07, 6.45) is 4.88. The number of rotatable bonds is 7. The van der Waals surface area contributed by atoms with E-state index >= 15 is 0 Å². The van der Waals surface area contributed by atoms with Crippen LogP contribution in [0.1, 0.15) is 44.6 Å². The van der Waals surface area contributed by atoms with Crippen molar-refractivity contribution in [2.45, 2.75) is 46.0 Å². The fourth-order valence-electron chi connectivity index (χ4n) is 2.77. The molecule has 0 spiro atoms. The van der Waals surface area contributed by atoms with E-state index in [4.69, 9.17) is 0 Å². The Bertz CT molecular complexity index is 510. The van der Waals surface area contributed by atoms with Crippen molar-refractivity contribution in [2.75, 3.05) is 18.0 Å². The Kier molecular flexibility index (Phi) is 5.99. The van der Waals surface area contributed by atoms with Gasteiger partial charge in [-0.2, -0.15) is 0 Å². The largest absolute Gasteiger partial charge is 0.356 e. The molecule has 0 radical (unpaired) electrons. The van der Waals surface area contributed by atoms with Crippen molar-refractivity contribution in [1.29, 1.82) is 0 Å². The molecule has 1 aliphatic heterocycles. The molecule has 2 rings (SSSR count). The van der Waals surface area contributed by atoms with Crippen LogP contribution in [-0.4, -0.2) is 24.9 Å². The second-order valence-electron chi connectivity index (χ2n) is 6.09. The van der Waals surface area contributed by atoms with Crippen LogP contribution in [0.2, 0.25) is 0 Å². The number of hydrogen-bond acceptors (Lipinski definition) is 2. The molecule has 0 saturated carbocycles. The van der Waals surface area contributed by atoms with Crippen LogP contribution < -0.4 is 10.2 Å². The van der Waals surface area contributed by atoms with Crippen molar-refractivity contribution in [2.24, 2.45) is 5.92 Å². The maximum atomic E-state index is 12.2. The van der Waals surface area contributed by atoms with E-state index in [-0.39, 0.29) is 17.7 Å². The molecule has 1 aliphatic rings. The van der Waals surface area contributed by atoms with Crippen LogP contribution in [0.4, 0.5) is 5.69 Å². The summed E-state index contributed by atoms with van der Waals surface area (Å²) in [5.74, 6) is -0.172. The Balaban J connectivity index is 1.83. The van der Waals surface area contributed by atoms with Gasteiger partial charge in [-0.15, -0.1) is 0 Å². The van der Waals surface area contributed by atoms with E-state index in [1.807, 2.05) is 31.2 Å². The van der Waals surface area contributed by atoms with Crippen molar-refractivity contribution in [1.82, 2.24) is 5.32 Å². The van der Waals surface area contributed by atoms with E-state index in [0.29, 0.717) is 19.5 Å². The first-order chi connectivity index (χ1) is 10.6. The van der Waals surface area contributed by atoms with Gasteiger partial charge in [0, 0.05) is 25.2 Å². The normalized spacial score (nSPS) is 17.8. The van der Waals surface area contributed by atoms with E-state index in [0.717, 1.165) is 24.1 Å². The van der Waals surface area contributed by atoms with E-state index in [1.165, 1.54) is 12.8 Å². The molecule has 0 aromatic heterocycles. The Morgan fingerprint density at radius 3 is 2.64 bits per heavy atom. The molecule has 2 amide bonds. The first-order valence-corrected chi connectivity index (χ1v) is 8.26. The van der Waals surface area contributed by atoms with Crippen LogP contribution in [0, 0.1) is 12.8 Å². The fourth-order valence-corrected chi connectivity index (χ4v) is 2.77. The first kappa shape index (κ1) is 16.5. The topological polar surface area (TPSA) is 49.4 Å². The molecular weight excluding hydrogens is 276 g/mol. The Morgan fingerprint density at radius 2 is 1.95 bits per heavy atom. The number of carbonyl (C=O) groups excluding carboxylic acids is 2. The summed E-state index contributed by atoms with van der Waals surface area (Å²) >= 11 is 0. The predicted molar refractivity (Wildman–Crippen MR) is 88.8 cm³/mol. The quantitative estimate of drug-likeness (QED) is 0.787. The summed E-state index contributed by atoms with van der Waals surface area (Å²) in [5.41, 5.74) is 2.05. The summed E-state index contributed by atoms with van der Waals surface area (Å²) in [4.78, 5) is 26.0. The lowest BCUT2D eigenvalue weighted by Crippen LogP contribution is -2.33. The number of aryl methyl sites for hydroxylation is 1. The van der Waals surface area contributed by atoms with Gasteiger partial charge in [-0.05, 0) is 25.5 Å². The third kappa shape index (κ3) is 4.33. The summed E-state index contributed by atoms with van der Waals surface area (Å²) in [7, 11) is 0. The molecule has 0 bridgehead atoms. The molecule has 1 atom stereocenters. The zero-order valence-electron chi connectivity index (χ0n) is 13.6. The highest BCUT2D eigenvalue weighted by molar-refractivity contribution is 6.00. The van der Waals surface area contributed by atoms with Gasteiger partial charge in [-0.25, -0.2) is 0 Å². The molecule has 1 N–H and O–H groups in total. The number of amides is 2. The van der Waals surface area contributed by atoms with Crippen LogP contribution in [0.25, 0.3) is 0 Å². The van der Waals surface area contributed by atoms with Crippen LogP contribution >= 0.6 is 0 Å². The monoisotopic (exact) mass is 302 g/mol. The van der Waals surface area contributed by atoms with Gasteiger partial charge in [0.15, 0.2) is 0 Å². The Labute approximate surface area is 132 Å². The van der Waals surface area contributed by atoms with Crippen LogP contribution in [-0.2, 0) is 9.59 Å². The van der Waals surface area contributed by atoms with Crippen molar-refractivity contribution in [3.8, 4) is 0 Å². The number of benzene rings is 1. The molecule has 1 saturated heterocycles. The number of anilines is 1. The second kappa shape index (κ2) is 7.97. The zero-order chi connectivity index (χ0) is 15.9. The molecule has 1 unspecified atom stereocenters. The average Bonchev–Trinajstić information content (AvgIpc) is 2.90. The number of hydrogen-bond donors (Lipinski definition) is 1. The minimum Gasteiger partial charge on any atom is -0.356 e. The minimum absolute atomic E-state index is 0.0134. The zero-order valence-corrected chi connectivity index (χ0v) is 13.6. The summed E-state index contributed by atoms with van der Waals surface area (Å²) in [6.45, 7) is 5.39. The standard InChI is InChI=1S/C18H26N2O2/c1-3-4-5-6-11-19-18(22)15-12-17(21)20(13-15)16-9-7-14(2)8-10-16/h7-10,15H,3-6,11-13H2,1-2H3,(H,19,22). The van der Waals surface area contributed by atoms with E-state index < -0.39 is 0 Å².